The summed E-state index contributed by atoms with van der Waals surface area (Å²) in [6.07, 6.45) is 4.45. The molecule has 1 saturated heterocycles. The molecule has 1 fully saturated rings. The third kappa shape index (κ3) is 6.52. The van der Waals surface area contributed by atoms with Gasteiger partial charge in [0.15, 0.2) is 14.6 Å². The van der Waals surface area contributed by atoms with E-state index in [4.69, 9.17) is 13.9 Å². The van der Waals surface area contributed by atoms with Crippen LogP contribution >= 0.6 is 0 Å². The van der Waals surface area contributed by atoms with Crippen LogP contribution in [-0.2, 0) is 20.3 Å². The highest BCUT2D eigenvalue weighted by Gasteiger charge is 2.37. The molecule has 2 rings (SSSR count). The zero-order valence-corrected chi connectivity index (χ0v) is 17.9. The van der Waals surface area contributed by atoms with Gasteiger partial charge in [0.05, 0.1) is 12.2 Å². The fourth-order valence-electron chi connectivity index (χ4n) is 2.98. The summed E-state index contributed by atoms with van der Waals surface area (Å²) in [5.41, 5.74) is 1.38. The molecule has 1 aromatic carbocycles. The Morgan fingerprint density at radius 3 is 2.24 bits per heavy atom. The molecule has 1 heterocycles. The number of hydrogen-bond acceptors (Lipinski definition) is 3. The second kappa shape index (κ2) is 8.80. The van der Waals surface area contributed by atoms with Crippen molar-refractivity contribution in [2.75, 3.05) is 6.61 Å². The molecule has 1 aliphatic rings. The zero-order chi connectivity index (χ0) is 18.5. The number of benzene rings is 1. The highest BCUT2D eigenvalue weighted by Crippen LogP contribution is 2.36. The first-order valence-electron chi connectivity index (χ1n) is 9.66. The monoisotopic (exact) mass is 364 g/mol. The van der Waals surface area contributed by atoms with E-state index < -0.39 is 8.32 Å². The van der Waals surface area contributed by atoms with E-state index in [-0.39, 0.29) is 23.5 Å². The third-order valence-corrected chi connectivity index (χ3v) is 10.1. The second-order valence-corrected chi connectivity index (χ2v) is 13.6. The summed E-state index contributed by atoms with van der Waals surface area (Å²) in [5, 5.41) is 0.259. The smallest absolute Gasteiger partial charge is 0.191 e. The number of aryl methyl sites for hydroxylation is 1. The molecule has 0 radical (unpaired) electrons. The molecule has 0 saturated carbocycles. The van der Waals surface area contributed by atoms with E-state index in [0.29, 0.717) is 0 Å². The molecule has 0 aromatic heterocycles. The van der Waals surface area contributed by atoms with Gasteiger partial charge in [0.2, 0.25) is 0 Å². The molecule has 25 heavy (non-hydrogen) atoms. The first kappa shape index (κ1) is 20.6. The Labute approximate surface area is 155 Å². The molecule has 1 aliphatic heterocycles. The Kier molecular flexibility index (Phi) is 7.26. The summed E-state index contributed by atoms with van der Waals surface area (Å²) < 4.78 is 18.3. The molecule has 0 unspecified atom stereocenters. The van der Waals surface area contributed by atoms with Crippen LogP contribution in [0.3, 0.4) is 0 Å². The van der Waals surface area contributed by atoms with Crippen molar-refractivity contribution >= 4 is 8.32 Å². The lowest BCUT2D eigenvalue weighted by atomic mass is 10.0. The molecular weight excluding hydrogens is 328 g/mol. The lowest BCUT2D eigenvalue weighted by Gasteiger charge is -2.38. The van der Waals surface area contributed by atoms with Crippen LogP contribution in [0, 0.1) is 0 Å². The van der Waals surface area contributed by atoms with Gasteiger partial charge in [0, 0.05) is 13.0 Å². The van der Waals surface area contributed by atoms with E-state index >= 15 is 0 Å². The third-order valence-electron chi connectivity index (χ3n) is 5.60. The van der Waals surface area contributed by atoms with Crippen molar-refractivity contribution in [3.63, 3.8) is 0 Å². The first-order valence-corrected chi connectivity index (χ1v) is 12.6. The summed E-state index contributed by atoms with van der Waals surface area (Å²) in [4.78, 5) is 0. The maximum atomic E-state index is 6.31. The second-order valence-electron chi connectivity index (χ2n) is 8.74. The summed E-state index contributed by atoms with van der Waals surface area (Å²) in [5.74, 6) is 0. The Morgan fingerprint density at radius 1 is 1.04 bits per heavy atom. The van der Waals surface area contributed by atoms with E-state index in [1.807, 2.05) is 6.92 Å². The van der Waals surface area contributed by atoms with Crippen molar-refractivity contribution in [1.82, 2.24) is 0 Å². The fourth-order valence-corrected chi connectivity index (χ4v) is 4.05. The molecule has 142 valence electrons. The highest BCUT2D eigenvalue weighted by molar-refractivity contribution is 6.74. The fraction of sp³-hybridized carbons (Fsp3) is 0.714. The predicted molar refractivity (Wildman–Crippen MR) is 106 cm³/mol. The molecule has 0 spiro atoms. The molecule has 0 aliphatic carbocycles. The zero-order valence-electron chi connectivity index (χ0n) is 16.9. The minimum Gasteiger partial charge on any atom is -0.417 e. The molecule has 3 atom stereocenters. The van der Waals surface area contributed by atoms with Gasteiger partial charge >= 0.3 is 0 Å². The van der Waals surface area contributed by atoms with Crippen LogP contribution in [0.2, 0.25) is 18.1 Å². The summed E-state index contributed by atoms with van der Waals surface area (Å²) >= 11 is 0. The van der Waals surface area contributed by atoms with Crippen LogP contribution in [-0.4, -0.2) is 33.4 Å². The van der Waals surface area contributed by atoms with Crippen molar-refractivity contribution < 1.29 is 13.9 Å². The summed E-state index contributed by atoms with van der Waals surface area (Å²) in [6, 6.07) is 10.6. The quantitative estimate of drug-likeness (QED) is 0.594. The minimum absolute atomic E-state index is 0.118. The lowest BCUT2D eigenvalue weighted by Crippen LogP contribution is -2.42. The van der Waals surface area contributed by atoms with Crippen LogP contribution in [0.5, 0.6) is 0 Å². The van der Waals surface area contributed by atoms with Crippen molar-refractivity contribution in [2.24, 2.45) is 0 Å². The lowest BCUT2D eigenvalue weighted by molar-refractivity contribution is -0.236. The van der Waals surface area contributed by atoms with Crippen LogP contribution in [0.1, 0.15) is 52.5 Å². The maximum Gasteiger partial charge on any atom is 0.191 e. The van der Waals surface area contributed by atoms with E-state index in [2.05, 4.69) is 64.2 Å². The summed E-state index contributed by atoms with van der Waals surface area (Å²) in [6.45, 7) is 14.3. The van der Waals surface area contributed by atoms with Gasteiger partial charge in [0.25, 0.3) is 0 Å². The number of rotatable bonds is 7. The first-order chi connectivity index (χ1) is 11.7. The van der Waals surface area contributed by atoms with Crippen molar-refractivity contribution in [2.45, 2.75) is 90.0 Å². The molecule has 4 heteroatoms. The van der Waals surface area contributed by atoms with Crippen LogP contribution in [0.4, 0.5) is 0 Å². The van der Waals surface area contributed by atoms with Crippen molar-refractivity contribution in [3.8, 4) is 0 Å². The molecule has 1 aromatic rings. The molecule has 0 N–H and O–H groups in total. The molecule has 3 nitrogen and oxygen atoms in total. The van der Waals surface area contributed by atoms with Crippen molar-refractivity contribution in [1.29, 1.82) is 0 Å². The van der Waals surface area contributed by atoms with Crippen LogP contribution in [0.15, 0.2) is 30.3 Å². The van der Waals surface area contributed by atoms with Crippen molar-refractivity contribution in [3.05, 3.63) is 35.9 Å². The average molecular weight is 365 g/mol. The predicted octanol–water partition coefficient (Wildman–Crippen LogP) is 5.55. The Balaban J connectivity index is 1.78. The minimum atomic E-state index is -1.67. The normalized spacial score (nSPS) is 25.1. The van der Waals surface area contributed by atoms with Gasteiger partial charge in [-0.05, 0) is 49.9 Å². The van der Waals surface area contributed by atoms with E-state index in [1.54, 1.807) is 0 Å². The van der Waals surface area contributed by atoms with E-state index in [9.17, 15) is 0 Å². The van der Waals surface area contributed by atoms with Gasteiger partial charge in [-0.15, -0.1) is 0 Å². The molecule has 0 bridgehead atoms. The standard InChI is InChI=1S/C21H36O3Si/c1-17-23-19(13-12-18-10-8-7-9-11-18)16-20(24-17)14-15-22-25(5,6)21(2,3)4/h7-11,17,19-20H,12-16H2,1-6H3/t17-,19-,20+/m1/s1. The molecular formula is C21H36O3Si. The largest absolute Gasteiger partial charge is 0.417 e. The number of hydrogen-bond donors (Lipinski definition) is 0. The van der Waals surface area contributed by atoms with Crippen LogP contribution in [0.25, 0.3) is 0 Å². The number of ether oxygens (including phenoxy) is 2. The Hall–Kier alpha value is -0.683. The van der Waals surface area contributed by atoms with Crippen LogP contribution < -0.4 is 0 Å². The van der Waals surface area contributed by atoms with Gasteiger partial charge in [-0.2, -0.15) is 0 Å². The molecule has 0 amide bonds. The van der Waals surface area contributed by atoms with E-state index in [1.165, 1.54) is 5.56 Å². The van der Waals surface area contributed by atoms with Gasteiger partial charge in [0.1, 0.15) is 0 Å². The topological polar surface area (TPSA) is 27.7 Å². The van der Waals surface area contributed by atoms with Gasteiger partial charge in [-0.1, -0.05) is 51.1 Å². The van der Waals surface area contributed by atoms with E-state index in [0.717, 1.165) is 32.3 Å². The highest BCUT2D eigenvalue weighted by atomic mass is 28.4. The SMILES string of the molecule is C[C@@H]1O[C@H](CCc2ccccc2)C[C@H](CCO[Si](C)(C)C(C)(C)C)O1. The Bertz CT molecular complexity index is 510. The van der Waals surface area contributed by atoms with Gasteiger partial charge < -0.3 is 13.9 Å². The van der Waals surface area contributed by atoms with Gasteiger partial charge in [-0.3, -0.25) is 0 Å². The maximum absolute atomic E-state index is 6.31. The Morgan fingerprint density at radius 2 is 1.64 bits per heavy atom. The summed E-state index contributed by atoms with van der Waals surface area (Å²) in [7, 11) is -1.67. The average Bonchev–Trinajstić information content (AvgIpc) is 2.52. The van der Waals surface area contributed by atoms with Gasteiger partial charge in [-0.25, -0.2) is 0 Å².